The van der Waals surface area contributed by atoms with E-state index in [1.807, 2.05) is 34.1 Å². The van der Waals surface area contributed by atoms with E-state index in [0.29, 0.717) is 31.4 Å². The number of rotatable bonds is 7. The van der Waals surface area contributed by atoms with E-state index in [1.165, 1.54) is 6.42 Å². The number of hydrogen-bond donors (Lipinski definition) is 1. The molecule has 1 aromatic rings. The molecule has 0 aliphatic carbocycles. The van der Waals surface area contributed by atoms with Gasteiger partial charge in [0.25, 0.3) is 5.91 Å². The maximum absolute atomic E-state index is 13.1. The number of anilines is 1. The Balaban J connectivity index is 1.34. The normalized spacial score (nSPS) is 23.7. The number of likely N-dealkylation sites (tertiary alicyclic amines) is 1. The van der Waals surface area contributed by atoms with Crippen LogP contribution in [0.5, 0.6) is 5.75 Å². The van der Waals surface area contributed by atoms with Gasteiger partial charge < -0.3 is 24.6 Å². The summed E-state index contributed by atoms with van der Waals surface area (Å²) in [7, 11) is 0. The molecule has 4 rings (SSSR count). The van der Waals surface area contributed by atoms with Crippen LogP contribution in [0.25, 0.3) is 0 Å². The second-order valence-corrected chi connectivity index (χ2v) is 9.79. The molecule has 8 nitrogen and oxygen atoms in total. The molecule has 0 radical (unpaired) electrons. The first-order valence-corrected chi connectivity index (χ1v) is 12.4. The number of para-hydroxylation sites is 2. The highest BCUT2D eigenvalue weighted by Crippen LogP contribution is 2.33. The van der Waals surface area contributed by atoms with E-state index in [1.54, 1.807) is 0 Å². The van der Waals surface area contributed by atoms with Gasteiger partial charge in [-0.15, -0.1) is 0 Å². The molecule has 2 fully saturated rings. The average Bonchev–Trinajstić information content (AvgIpc) is 2.82. The standard InChI is InChI=1S/C25H38N4O4/c1-19(2)15-27-12-13-32-20(16-27)14-26-24(30)18-29-17-23(25(31)28-10-6-3-7-11-28)33-22-9-5-4-8-21(22)29/h4-5,8-9,19-20,23H,3,6-7,10-18H2,1-2H3,(H,26,30). The van der Waals surface area contributed by atoms with E-state index in [2.05, 4.69) is 24.1 Å². The molecule has 2 atom stereocenters. The predicted molar refractivity (Wildman–Crippen MR) is 128 cm³/mol. The maximum Gasteiger partial charge on any atom is 0.265 e. The van der Waals surface area contributed by atoms with Crippen molar-refractivity contribution in [2.24, 2.45) is 5.92 Å². The van der Waals surface area contributed by atoms with Crippen LogP contribution in [-0.2, 0) is 14.3 Å². The molecule has 1 aromatic carbocycles. The lowest BCUT2D eigenvalue weighted by Crippen LogP contribution is -2.53. The third-order valence-corrected chi connectivity index (χ3v) is 6.51. The fourth-order valence-corrected chi connectivity index (χ4v) is 4.95. The Morgan fingerprint density at radius 3 is 2.67 bits per heavy atom. The number of morpholine rings is 1. The number of nitrogens with zero attached hydrogens (tertiary/aromatic N) is 3. The predicted octanol–water partition coefficient (Wildman–Crippen LogP) is 1.74. The number of ether oxygens (including phenoxy) is 2. The molecule has 2 saturated heterocycles. The van der Waals surface area contributed by atoms with Gasteiger partial charge in [0.15, 0.2) is 6.10 Å². The molecule has 2 unspecified atom stereocenters. The van der Waals surface area contributed by atoms with Gasteiger partial charge in [-0.25, -0.2) is 0 Å². The van der Waals surface area contributed by atoms with Gasteiger partial charge in [-0.2, -0.15) is 0 Å². The van der Waals surface area contributed by atoms with E-state index < -0.39 is 6.10 Å². The number of carbonyl (C=O) groups is 2. The molecule has 0 spiro atoms. The SMILES string of the molecule is CC(C)CN1CCOC(CNC(=O)CN2CC(C(=O)N3CCCCC3)Oc3ccccc32)C1. The van der Waals surface area contributed by atoms with Crippen molar-refractivity contribution in [3.05, 3.63) is 24.3 Å². The molecule has 182 valence electrons. The fourth-order valence-electron chi connectivity index (χ4n) is 4.95. The summed E-state index contributed by atoms with van der Waals surface area (Å²) in [6, 6.07) is 7.64. The molecule has 0 bridgehead atoms. The van der Waals surface area contributed by atoms with Crippen molar-refractivity contribution >= 4 is 17.5 Å². The Kier molecular flexibility index (Phi) is 8.09. The molecule has 2 amide bonds. The minimum Gasteiger partial charge on any atom is -0.477 e. The summed E-state index contributed by atoms with van der Waals surface area (Å²) >= 11 is 0. The van der Waals surface area contributed by atoms with Gasteiger partial charge in [-0.1, -0.05) is 26.0 Å². The van der Waals surface area contributed by atoms with Gasteiger partial charge in [0.05, 0.1) is 31.5 Å². The highest BCUT2D eigenvalue weighted by molar-refractivity contribution is 5.86. The van der Waals surface area contributed by atoms with E-state index in [4.69, 9.17) is 9.47 Å². The monoisotopic (exact) mass is 458 g/mol. The lowest BCUT2D eigenvalue weighted by Gasteiger charge is -2.38. The maximum atomic E-state index is 13.1. The van der Waals surface area contributed by atoms with Crippen molar-refractivity contribution < 1.29 is 19.1 Å². The van der Waals surface area contributed by atoms with Crippen molar-refractivity contribution in [3.63, 3.8) is 0 Å². The van der Waals surface area contributed by atoms with Crippen LogP contribution in [0.3, 0.4) is 0 Å². The first kappa shape index (κ1) is 23.8. The highest BCUT2D eigenvalue weighted by atomic mass is 16.5. The highest BCUT2D eigenvalue weighted by Gasteiger charge is 2.34. The zero-order valence-electron chi connectivity index (χ0n) is 20.0. The van der Waals surface area contributed by atoms with Gasteiger partial charge >= 0.3 is 0 Å². The zero-order chi connectivity index (χ0) is 23.2. The Morgan fingerprint density at radius 2 is 1.88 bits per heavy atom. The topological polar surface area (TPSA) is 74.4 Å². The smallest absolute Gasteiger partial charge is 0.265 e. The lowest BCUT2D eigenvalue weighted by atomic mass is 10.1. The Morgan fingerprint density at radius 1 is 1.09 bits per heavy atom. The molecule has 33 heavy (non-hydrogen) atoms. The average molecular weight is 459 g/mol. The molecule has 0 saturated carbocycles. The van der Waals surface area contributed by atoms with Gasteiger partial charge in [0, 0.05) is 39.3 Å². The van der Waals surface area contributed by atoms with Crippen LogP contribution in [0, 0.1) is 5.92 Å². The summed E-state index contributed by atoms with van der Waals surface area (Å²) in [6.07, 6.45) is 2.67. The number of benzene rings is 1. The van der Waals surface area contributed by atoms with Crippen molar-refractivity contribution in [2.75, 3.05) is 63.9 Å². The van der Waals surface area contributed by atoms with Crippen molar-refractivity contribution in [1.82, 2.24) is 15.1 Å². The molecule has 0 aromatic heterocycles. The molecule has 8 heteroatoms. The first-order chi connectivity index (χ1) is 16.0. The number of piperidine rings is 1. The number of amides is 2. The molecular weight excluding hydrogens is 420 g/mol. The van der Waals surface area contributed by atoms with E-state index in [0.717, 1.165) is 51.3 Å². The minimum atomic E-state index is -0.586. The largest absolute Gasteiger partial charge is 0.477 e. The van der Waals surface area contributed by atoms with Crippen LogP contribution in [0.15, 0.2) is 24.3 Å². The number of fused-ring (bicyclic) bond motifs is 1. The lowest BCUT2D eigenvalue weighted by molar-refractivity contribution is -0.139. The molecular formula is C25H38N4O4. The first-order valence-electron chi connectivity index (χ1n) is 12.4. The minimum absolute atomic E-state index is 0.00635. The van der Waals surface area contributed by atoms with Crippen molar-refractivity contribution in [2.45, 2.75) is 45.3 Å². The Bertz CT molecular complexity index is 811. The summed E-state index contributed by atoms with van der Waals surface area (Å²) in [5.41, 5.74) is 0.854. The van der Waals surface area contributed by atoms with Crippen molar-refractivity contribution in [3.8, 4) is 5.75 Å². The number of carbonyl (C=O) groups excluding carboxylic acids is 2. The van der Waals surface area contributed by atoms with Crippen LogP contribution in [-0.4, -0.2) is 92.8 Å². The van der Waals surface area contributed by atoms with Gasteiger partial charge in [0.2, 0.25) is 5.91 Å². The Labute approximate surface area is 197 Å². The summed E-state index contributed by atoms with van der Waals surface area (Å²) in [6.45, 7) is 10.6. The van der Waals surface area contributed by atoms with Crippen LogP contribution in [0.2, 0.25) is 0 Å². The number of nitrogens with one attached hydrogen (secondary N) is 1. The summed E-state index contributed by atoms with van der Waals surface area (Å²) in [5.74, 6) is 1.23. The molecule has 1 N–H and O–H groups in total. The fraction of sp³-hybridized carbons (Fsp3) is 0.680. The Hall–Kier alpha value is -2.32. The van der Waals surface area contributed by atoms with Gasteiger partial charge in [0.1, 0.15) is 5.75 Å². The van der Waals surface area contributed by atoms with Crippen LogP contribution in [0.1, 0.15) is 33.1 Å². The molecule has 3 aliphatic rings. The van der Waals surface area contributed by atoms with Crippen LogP contribution < -0.4 is 15.0 Å². The second kappa shape index (κ2) is 11.2. The van der Waals surface area contributed by atoms with Crippen LogP contribution >= 0.6 is 0 Å². The quantitative estimate of drug-likeness (QED) is 0.671. The third kappa shape index (κ3) is 6.38. The molecule has 3 heterocycles. The second-order valence-electron chi connectivity index (χ2n) is 9.79. The van der Waals surface area contributed by atoms with E-state index in [9.17, 15) is 9.59 Å². The van der Waals surface area contributed by atoms with Gasteiger partial charge in [-0.05, 0) is 37.3 Å². The zero-order valence-corrected chi connectivity index (χ0v) is 20.0. The molecule has 3 aliphatic heterocycles. The third-order valence-electron chi connectivity index (χ3n) is 6.51. The van der Waals surface area contributed by atoms with Crippen LogP contribution in [0.4, 0.5) is 5.69 Å². The summed E-state index contributed by atoms with van der Waals surface area (Å²) in [5, 5.41) is 3.04. The van der Waals surface area contributed by atoms with E-state index >= 15 is 0 Å². The summed E-state index contributed by atoms with van der Waals surface area (Å²) in [4.78, 5) is 32.2. The van der Waals surface area contributed by atoms with Crippen molar-refractivity contribution in [1.29, 1.82) is 0 Å². The summed E-state index contributed by atoms with van der Waals surface area (Å²) < 4.78 is 11.9. The number of hydrogen-bond acceptors (Lipinski definition) is 6. The van der Waals surface area contributed by atoms with Gasteiger partial charge in [-0.3, -0.25) is 14.5 Å². The van der Waals surface area contributed by atoms with E-state index in [-0.39, 0.29) is 24.5 Å².